The molecule has 0 atom stereocenters. The number of benzene rings is 1. The molecule has 1 aromatic carbocycles. The fourth-order valence-corrected chi connectivity index (χ4v) is 1.44. The van der Waals surface area contributed by atoms with Gasteiger partial charge in [0.2, 0.25) is 0 Å². The third-order valence-electron chi connectivity index (χ3n) is 2.09. The molecule has 0 aliphatic heterocycles. The molecule has 0 radical (unpaired) electrons. The Morgan fingerprint density at radius 3 is 2.81 bits per heavy atom. The van der Waals surface area contributed by atoms with Crippen molar-refractivity contribution in [1.29, 1.82) is 0 Å². The lowest BCUT2D eigenvalue weighted by Crippen LogP contribution is -2.03. The summed E-state index contributed by atoms with van der Waals surface area (Å²) in [4.78, 5) is 0. The Kier molecular flexibility index (Phi) is 3.14. The van der Waals surface area contributed by atoms with E-state index in [-0.39, 0.29) is 18.0 Å². The largest absolute Gasteiger partial charge is 0.248 e. The maximum absolute atomic E-state index is 13.3. The van der Waals surface area contributed by atoms with Gasteiger partial charge in [-0.05, 0) is 6.07 Å². The van der Waals surface area contributed by atoms with Crippen LogP contribution < -0.4 is 0 Å². The maximum Gasteiger partial charge on any atom is 0.163 e. The first-order valence-electron chi connectivity index (χ1n) is 4.58. The van der Waals surface area contributed by atoms with E-state index in [1.54, 1.807) is 6.20 Å². The van der Waals surface area contributed by atoms with Gasteiger partial charge in [0.1, 0.15) is 0 Å². The zero-order valence-corrected chi connectivity index (χ0v) is 8.96. The maximum atomic E-state index is 13.3. The van der Waals surface area contributed by atoms with E-state index in [0.717, 1.165) is 6.07 Å². The molecule has 0 aliphatic rings. The summed E-state index contributed by atoms with van der Waals surface area (Å²) in [6.07, 6.45) is 1.59. The molecule has 2 aromatic rings. The molecule has 0 unspecified atom stereocenters. The van der Waals surface area contributed by atoms with Gasteiger partial charge in [-0.15, -0.1) is 16.7 Å². The topological polar surface area (TPSA) is 30.7 Å². The van der Waals surface area contributed by atoms with Crippen LogP contribution in [0.2, 0.25) is 0 Å². The fraction of sp³-hybridized carbons (Fsp3) is 0.200. The molecule has 0 saturated carbocycles. The van der Waals surface area contributed by atoms with Crippen molar-refractivity contribution < 1.29 is 8.78 Å². The van der Waals surface area contributed by atoms with Gasteiger partial charge in [0.05, 0.1) is 24.3 Å². The number of rotatable bonds is 3. The Balaban J connectivity index is 2.23. The molecule has 0 spiro atoms. The number of alkyl halides is 1. The average Bonchev–Trinajstić information content (AvgIpc) is 2.73. The van der Waals surface area contributed by atoms with E-state index < -0.39 is 11.6 Å². The number of aromatic nitrogens is 3. The molecule has 16 heavy (non-hydrogen) atoms. The van der Waals surface area contributed by atoms with E-state index in [1.165, 1.54) is 16.8 Å². The van der Waals surface area contributed by atoms with Crippen LogP contribution in [0.15, 0.2) is 24.4 Å². The van der Waals surface area contributed by atoms with Gasteiger partial charge in [0.25, 0.3) is 0 Å². The highest BCUT2D eigenvalue weighted by Crippen LogP contribution is 2.12. The van der Waals surface area contributed by atoms with Crippen LogP contribution in [0.5, 0.6) is 0 Å². The first kappa shape index (κ1) is 11.0. The third kappa shape index (κ3) is 2.19. The fourth-order valence-electron chi connectivity index (χ4n) is 1.32. The van der Waals surface area contributed by atoms with Gasteiger partial charge in [0, 0.05) is 5.56 Å². The lowest BCUT2D eigenvalue weighted by atomic mass is 10.2. The molecule has 2 rings (SSSR count). The third-order valence-corrected chi connectivity index (χ3v) is 2.36. The summed E-state index contributed by atoms with van der Waals surface area (Å²) in [5.74, 6) is -1.48. The molecule has 3 nitrogen and oxygen atoms in total. The number of hydrogen-bond acceptors (Lipinski definition) is 2. The normalized spacial score (nSPS) is 10.7. The number of nitrogens with zero attached hydrogens (tertiary/aromatic N) is 3. The lowest BCUT2D eigenvalue weighted by Gasteiger charge is -2.02. The zero-order valence-electron chi connectivity index (χ0n) is 8.20. The van der Waals surface area contributed by atoms with Crippen molar-refractivity contribution in [3.8, 4) is 0 Å². The van der Waals surface area contributed by atoms with Gasteiger partial charge in [-0.25, -0.2) is 13.5 Å². The molecule has 6 heteroatoms. The summed E-state index contributed by atoms with van der Waals surface area (Å²) >= 11 is 5.55. The van der Waals surface area contributed by atoms with Gasteiger partial charge in [-0.2, -0.15) is 0 Å². The van der Waals surface area contributed by atoms with Gasteiger partial charge < -0.3 is 0 Å². The second-order valence-electron chi connectivity index (χ2n) is 3.25. The van der Waals surface area contributed by atoms with Crippen LogP contribution in [0.25, 0.3) is 0 Å². The Hall–Kier alpha value is -1.49. The van der Waals surface area contributed by atoms with E-state index in [9.17, 15) is 8.78 Å². The van der Waals surface area contributed by atoms with Crippen LogP contribution in [0, 0.1) is 11.6 Å². The van der Waals surface area contributed by atoms with Crippen molar-refractivity contribution in [2.24, 2.45) is 0 Å². The highest BCUT2D eigenvalue weighted by molar-refractivity contribution is 6.16. The van der Waals surface area contributed by atoms with Gasteiger partial charge in [-0.1, -0.05) is 17.3 Å². The van der Waals surface area contributed by atoms with E-state index in [4.69, 9.17) is 11.6 Å². The first-order valence-corrected chi connectivity index (χ1v) is 5.12. The molecule has 1 aromatic heterocycles. The van der Waals surface area contributed by atoms with Crippen molar-refractivity contribution in [3.63, 3.8) is 0 Å². The van der Waals surface area contributed by atoms with Crippen molar-refractivity contribution in [2.75, 3.05) is 0 Å². The summed E-state index contributed by atoms with van der Waals surface area (Å²) in [7, 11) is 0. The summed E-state index contributed by atoms with van der Waals surface area (Å²) < 4.78 is 27.6. The summed E-state index contributed by atoms with van der Waals surface area (Å²) in [6.45, 7) is 0.132. The van der Waals surface area contributed by atoms with E-state index in [0.29, 0.717) is 5.69 Å². The minimum absolute atomic E-state index is 0.132. The van der Waals surface area contributed by atoms with Crippen molar-refractivity contribution in [3.05, 3.63) is 47.3 Å². The molecule has 0 saturated heterocycles. The monoisotopic (exact) mass is 243 g/mol. The summed E-state index contributed by atoms with van der Waals surface area (Å²) in [5, 5.41) is 7.49. The highest BCUT2D eigenvalue weighted by atomic mass is 35.5. The molecule has 1 heterocycles. The van der Waals surface area contributed by atoms with Crippen LogP contribution in [0.3, 0.4) is 0 Å². The van der Waals surface area contributed by atoms with E-state index in [2.05, 4.69) is 10.3 Å². The molecule has 0 amide bonds. The molecule has 0 N–H and O–H groups in total. The van der Waals surface area contributed by atoms with E-state index >= 15 is 0 Å². The average molecular weight is 244 g/mol. The molecule has 0 bridgehead atoms. The van der Waals surface area contributed by atoms with Crippen LogP contribution in [0.4, 0.5) is 8.78 Å². The molecule has 84 valence electrons. The van der Waals surface area contributed by atoms with Crippen LogP contribution in [-0.4, -0.2) is 15.0 Å². The number of halogens is 3. The molecule has 0 fully saturated rings. The summed E-state index contributed by atoms with van der Waals surface area (Å²) in [6, 6.07) is 4.03. The van der Waals surface area contributed by atoms with E-state index in [1.807, 2.05) is 0 Å². The lowest BCUT2D eigenvalue weighted by molar-refractivity contribution is 0.490. The smallest absolute Gasteiger partial charge is 0.163 e. The number of hydrogen-bond donors (Lipinski definition) is 0. The predicted octanol–water partition coefficient (Wildman–Crippen LogP) is 2.34. The van der Waals surface area contributed by atoms with Crippen molar-refractivity contribution in [1.82, 2.24) is 15.0 Å². The van der Waals surface area contributed by atoms with Gasteiger partial charge in [0.15, 0.2) is 11.6 Å². The highest BCUT2D eigenvalue weighted by Gasteiger charge is 2.08. The van der Waals surface area contributed by atoms with Crippen molar-refractivity contribution in [2.45, 2.75) is 12.4 Å². The minimum Gasteiger partial charge on any atom is -0.248 e. The summed E-state index contributed by atoms with van der Waals surface area (Å²) in [5.41, 5.74) is 0.824. The van der Waals surface area contributed by atoms with Crippen LogP contribution >= 0.6 is 11.6 Å². The first-order chi connectivity index (χ1) is 7.70. The Morgan fingerprint density at radius 1 is 1.31 bits per heavy atom. The quantitative estimate of drug-likeness (QED) is 0.775. The minimum atomic E-state index is -0.866. The Morgan fingerprint density at radius 2 is 2.12 bits per heavy atom. The van der Waals surface area contributed by atoms with Crippen LogP contribution in [0.1, 0.15) is 11.3 Å². The SMILES string of the molecule is Fc1cccc(Cn2cc(CCl)nn2)c1F. The predicted molar refractivity (Wildman–Crippen MR) is 55.0 cm³/mol. The second kappa shape index (κ2) is 4.57. The zero-order chi connectivity index (χ0) is 11.5. The molecular weight excluding hydrogens is 236 g/mol. The van der Waals surface area contributed by atoms with Gasteiger partial charge >= 0.3 is 0 Å². The Bertz CT molecular complexity index is 499. The van der Waals surface area contributed by atoms with Crippen LogP contribution in [-0.2, 0) is 12.4 Å². The standard InChI is InChI=1S/C10H8ClF2N3/c11-4-8-6-16(15-14-8)5-7-2-1-3-9(12)10(7)13/h1-3,6H,4-5H2. The Labute approximate surface area is 95.6 Å². The molecular formula is C10H8ClF2N3. The van der Waals surface area contributed by atoms with Crippen molar-refractivity contribution >= 4 is 11.6 Å². The second-order valence-corrected chi connectivity index (χ2v) is 3.52. The van der Waals surface area contributed by atoms with Gasteiger partial charge in [-0.3, -0.25) is 0 Å². The molecule has 0 aliphatic carbocycles.